The summed E-state index contributed by atoms with van der Waals surface area (Å²) in [5.74, 6) is 0.178. The number of rotatable bonds is 7. The molecule has 2 fully saturated rings. The molecule has 5 nitrogen and oxygen atoms in total. The van der Waals surface area contributed by atoms with Gasteiger partial charge in [-0.1, -0.05) is 26.0 Å². The van der Waals surface area contributed by atoms with E-state index in [4.69, 9.17) is 9.47 Å². The van der Waals surface area contributed by atoms with E-state index in [-0.39, 0.29) is 18.6 Å². The Hall–Kier alpha value is -0.460. The van der Waals surface area contributed by atoms with Gasteiger partial charge in [0.1, 0.15) is 6.10 Å². The highest BCUT2D eigenvalue weighted by Crippen LogP contribution is 2.48. The van der Waals surface area contributed by atoms with E-state index < -0.39 is 29.0 Å². The van der Waals surface area contributed by atoms with Crippen molar-refractivity contribution in [2.24, 2.45) is 5.92 Å². The third kappa shape index (κ3) is 3.96. The maximum absolute atomic E-state index is 11.0. The van der Waals surface area contributed by atoms with E-state index in [9.17, 15) is 15.3 Å². The molecule has 2 aliphatic heterocycles. The molecule has 2 saturated heterocycles. The Labute approximate surface area is 152 Å². The fraction of sp³-hybridized carbons (Fsp3) is 0.900. The summed E-state index contributed by atoms with van der Waals surface area (Å²) in [5, 5.41) is 30.5. The zero-order valence-electron chi connectivity index (χ0n) is 16.4. The van der Waals surface area contributed by atoms with Crippen LogP contribution >= 0.6 is 0 Å². The molecule has 2 rings (SSSR count). The fourth-order valence-corrected chi connectivity index (χ4v) is 4.24. The molecule has 0 aromatic rings. The van der Waals surface area contributed by atoms with Gasteiger partial charge in [-0.2, -0.15) is 0 Å². The first-order chi connectivity index (χ1) is 11.5. The Kier molecular flexibility index (Phi) is 6.07. The highest BCUT2D eigenvalue weighted by atomic mass is 16.6. The lowest BCUT2D eigenvalue weighted by atomic mass is 9.78. The van der Waals surface area contributed by atoms with Crippen LogP contribution < -0.4 is 0 Å². The van der Waals surface area contributed by atoms with Gasteiger partial charge in [-0.15, -0.1) is 0 Å². The van der Waals surface area contributed by atoms with Crippen LogP contribution in [0, 0.1) is 5.92 Å². The standard InChI is InChI=1S/C20H36O5/c1-13(2)15-7-8-18(5,24-15)16(22)11-20(14(3)4)10-9-19(6,25-20)17(23)12-21/h14-17,21-23H,1,7-12H2,2-6H3/t15-,16-,17+,18+,19-,20+/m1/s1. The van der Waals surface area contributed by atoms with E-state index in [1.165, 1.54) is 0 Å². The minimum Gasteiger partial charge on any atom is -0.394 e. The second-order valence-corrected chi connectivity index (χ2v) is 8.86. The van der Waals surface area contributed by atoms with Crippen LogP contribution in [0.15, 0.2) is 12.2 Å². The minimum absolute atomic E-state index is 0.000577. The average molecular weight is 357 g/mol. The van der Waals surface area contributed by atoms with Crippen molar-refractivity contribution in [3.8, 4) is 0 Å². The third-order valence-corrected chi connectivity index (χ3v) is 6.52. The SMILES string of the molecule is C=C(C)[C@H]1CC[C@@](C)([C@H](O)C[C@]2(C(C)C)CC[C@](C)([C@@H](O)CO)O2)O1. The summed E-state index contributed by atoms with van der Waals surface area (Å²) in [6.45, 7) is 13.6. The van der Waals surface area contributed by atoms with Crippen LogP contribution in [-0.4, -0.2) is 57.0 Å². The molecule has 2 aliphatic rings. The van der Waals surface area contributed by atoms with Crippen LogP contribution in [0.25, 0.3) is 0 Å². The molecule has 2 heterocycles. The summed E-state index contributed by atoms with van der Waals surface area (Å²) in [5.41, 5.74) is -0.928. The predicted octanol–water partition coefficient (Wildman–Crippen LogP) is 2.57. The molecular formula is C20H36O5. The monoisotopic (exact) mass is 356 g/mol. The number of aliphatic hydroxyl groups is 3. The van der Waals surface area contributed by atoms with E-state index in [1.54, 1.807) is 0 Å². The van der Waals surface area contributed by atoms with Gasteiger partial charge in [0.25, 0.3) is 0 Å². The van der Waals surface area contributed by atoms with Gasteiger partial charge in [0, 0.05) is 6.42 Å². The number of ether oxygens (including phenoxy) is 2. The van der Waals surface area contributed by atoms with Gasteiger partial charge in [0.2, 0.25) is 0 Å². The molecule has 0 unspecified atom stereocenters. The molecule has 25 heavy (non-hydrogen) atoms. The van der Waals surface area contributed by atoms with Gasteiger partial charge in [-0.05, 0) is 52.4 Å². The minimum atomic E-state index is -0.920. The van der Waals surface area contributed by atoms with Crippen LogP contribution in [0.2, 0.25) is 0 Å². The van der Waals surface area contributed by atoms with Crippen LogP contribution in [0.3, 0.4) is 0 Å². The van der Waals surface area contributed by atoms with Gasteiger partial charge in [-0.3, -0.25) is 0 Å². The van der Waals surface area contributed by atoms with Crippen LogP contribution in [-0.2, 0) is 9.47 Å². The molecule has 0 aromatic heterocycles. The Bertz CT molecular complexity index is 492. The summed E-state index contributed by atoms with van der Waals surface area (Å²) in [4.78, 5) is 0. The molecule has 146 valence electrons. The van der Waals surface area contributed by atoms with E-state index in [2.05, 4.69) is 20.4 Å². The van der Waals surface area contributed by atoms with E-state index in [0.717, 1.165) is 24.8 Å². The number of hydrogen-bond acceptors (Lipinski definition) is 5. The van der Waals surface area contributed by atoms with Crippen LogP contribution in [0.1, 0.15) is 66.7 Å². The lowest BCUT2D eigenvalue weighted by Crippen LogP contribution is -2.50. The van der Waals surface area contributed by atoms with Crippen molar-refractivity contribution in [2.75, 3.05) is 6.61 Å². The first kappa shape index (κ1) is 20.8. The molecule has 6 atom stereocenters. The number of hydrogen-bond donors (Lipinski definition) is 3. The first-order valence-electron chi connectivity index (χ1n) is 9.48. The molecule has 0 spiro atoms. The van der Waals surface area contributed by atoms with Gasteiger partial charge in [-0.25, -0.2) is 0 Å². The molecule has 0 saturated carbocycles. The van der Waals surface area contributed by atoms with Crippen molar-refractivity contribution in [2.45, 2.75) is 102 Å². The molecule has 3 N–H and O–H groups in total. The van der Waals surface area contributed by atoms with Crippen molar-refractivity contribution in [3.05, 3.63) is 12.2 Å². The molecule has 0 aromatic carbocycles. The van der Waals surface area contributed by atoms with Crippen LogP contribution in [0.4, 0.5) is 0 Å². The number of aliphatic hydroxyl groups excluding tert-OH is 3. The second kappa shape index (κ2) is 7.28. The molecule has 5 heteroatoms. The third-order valence-electron chi connectivity index (χ3n) is 6.52. The van der Waals surface area contributed by atoms with Crippen molar-refractivity contribution in [1.82, 2.24) is 0 Å². The highest BCUT2D eigenvalue weighted by Gasteiger charge is 2.54. The summed E-state index contributed by atoms with van der Waals surface area (Å²) >= 11 is 0. The maximum Gasteiger partial charge on any atom is 0.106 e. The van der Waals surface area contributed by atoms with E-state index in [0.29, 0.717) is 12.8 Å². The fourth-order valence-electron chi connectivity index (χ4n) is 4.24. The smallest absolute Gasteiger partial charge is 0.106 e. The van der Waals surface area contributed by atoms with E-state index in [1.807, 2.05) is 20.8 Å². The first-order valence-corrected chi connectivity index (χ1v) is 9.48. The molecule has 0 amide bonds. The Morgan fingerprint density at radius 2 is 1.76 bits per heavy atom. The molecule has 0 bridgehead atoms. The van der Waals surface area contributed by atoms with Crippen molar-refractivity contribution < 1.29 is 24.8 Å². The maximum atomic E-state index is 11.0. The predicted molar refractivity (Wildman–Crippen MR) is 97.3 cm³/mol. The van der Waals surface area contributed by atoms with Crippen molar-refractivity contribution in [3.63, 3.8) is 0 Å². The normalized spacial score (nSPS) is 41.2. The van der Waals surface area contributed by atoms with Gasteiger partial charge in [0.15, 0.2) is 0 Å². The lowest BCUT2D eigenvalue weighted by Gasteiger charge is -2.42. The zero-order valence-corrected chi connectivity index (χ0v) is 16.4. The highest BCUT2D eigenvalue weighted by molar-refractivity contribution is 5.08. The zero-order chi connectivity index (χ0) is 19.0. The van der Waals surface area contributed by atoms with Gasteiger partial charge < -0.3 is 24.8 Å². The quantitative estimate of drug-likeness (QED) is 0.611. The summed E-state index contributed by atoms with van der Waals surface area (Å²) in [6.07, 6.45) is 1.94. The molecule has 0 aliphatic carbocycles. The Balaban J connectivity index is 2.14. The van der Waals surface area contributed by atoms with E-state index >= 15 is 0 Å². The topological polar surface area (TPSA) is 79.2 Å². The van der Waals surface area contributed by atoms with Gasteiger partial charge >= 0.3 is 0 Å². The molecular weight excluding hydrogens is 320 g/mol. The summed E-state index contributed by atoms with van der Waals surface area (Å²) < 4.78 is 12.5. The van der Waals surface area contributed by atoms with Crippen molar-refractivity contribution >= 4 is 0 Å². The Morgan fingerprint density at radius 1 is 1.12 bits per heavy atom. The molecule has 0 radical (unpaired) electrons. The van der Waals surface area contributed by atoms with Gasteiger partial charge in [0.05, 0.1) is 35.6 Å². The van der Waals surface area contributed by atoms with Crippen LogP contribution in [0.5, 0.6) is 0 Å². The van der Waals surface area contributed by atoms with Crippen molar-refractivity contribution in [1.29, 1.82) is 0 Å². The summed E-state index contributed by atoms with van der Waals surface area (Å²) in [7, 11) is 0. The largest absolute Gasteiger partial charge is 0.394 e. The Morgan fingerprint density at radius 3 is 2.24 bits per heavy atom. The lowest BCUT2D eigenvalue weighted by molar-refractivity contribution is -0.194. The summed E-state index contributed by atoms with van der Waals surface area (Å²) in [6, 6.07) is 0. The average Bonchev–Trinajstić information content (AvgIpc) is 3.10. The second-order valence-electron chi connectivity index (χ2n) is 8.86.